The van der Waals surface area contributed by atoms with Crippen molar-refractivity contribution in [3.63, 3.8) is 0 Å². The minimum Gasteiger partial charge on any atom is -0.733 e. The van der Waals surface area contributed by atoms with Gasteiger partial charge in [0.15, 0.2) is 0 Å². The summed E-state index contributed by atoms with van der Waals surface area (Å²) < 4.78 is 41.8. The predicted octanol–water partition coefficient (Wildman–Crippen LogP) is 3.19. The molecule has 1 atom stereocenters. The van der Waals surface area contributed by atoms with Crippen LogP contribution in [0.3, 0.4) is 0 Å². The Morgan fingerprint density at radius 2 is 2.12 bits per heavy atom. The third kappa shape index (κ3) is 3.39. The lowest BCUT2D eigenvalue weighted by molar-refractivity contribution is -0.199. The largest absolute Gasteiger partial charge is 0.733 e. The summed E-state index contributed by atoms with van der Waals surface area (Å²) in [5.41, 5.74) is -2.94. The number of nitrogens with zero attached hydrogens (tertiary/aromatic N) is 1. The van der Waals surface area contributed by atoms with Gasteiger partial charge in [0.25, 0.3) is 5.63 Å². The molecule has 0 saturated heterocycles. The van der Waals surface area contributed by atoms with E-state index in [2.05, 4.69) is 16.3 Å². The summed E-state index contributed by atoms with van der Waals surface area (Å²) in [5, 5.41) is 18.8. The molecule has 0 amide bonds. The van der Waals surface area contributed by atoms with Crippen LogP contribution < -0.4 is 9.96 Å². The van der Waals surface area contributed by atoms with Gasteiger partial charge in [-0.15, -0.1) is 0 Å². The third-order valence-electron chi connectivity index (χ3n) is 1.88. The lowest BCUT2D eigenvalue weighted by atomic mass is 10.2. The van der Waals surface area contributed by atoms with Crippen LogP contribution in [0.1, 0.15) is 5.56 Å². The van der Waals surface area contributed by atoms with Gasteiger partial charge in [-0.05, 0) is 30.7 Å². The van der Waals surface area contributed by atoms with Crippen molar-refractivity contribution < 1.29 is 23.1 Å². The van der Waals surface area contributed by atoms with E-state index in [0.29, 0.717) is 0 Å². The summed E-state index contributed by atoms with van der Waals surface area (Å²) in [5.74, 6) is -0.374. The number of benzene rings is 1. The Bertz CT molecular complexity index is 401. The minimum atomic E-state index is -4.17. The molecule has 0 aromatic heterocycles. The minimum absolute atomic E-state index is 0.136. The maximum Gasteiger partial charge on any atom is 0.444 e. The Morgan fingerprint density at radius 3 is 2.53 bits per heavy atom. The number of hydrogen-bond acceptors (Lipinski definition) is 4. The predicted molar refractivity (Wildman–Crippen MR) is 55.1 cm³/mol. The first-order chi connectivity index (χ1) is 7.74. The first-order valence-electron chi connectivity index (χ1n) is 4.36. The van der Waals surface area contributed by atoms with Crippen LogP contribution in [0.25, 0.3) is 0 Å². The van der Waals surface area contributed by atoms with Crippen LogP contribution >= 0.6 is 11.6 Å². The highest BCUT2D eigenvalue weighted by Crippen LogP contribution is 2.31. The molecule has 1 aromatic carbocycles. The fourth-order valence-corrected chi connectivity index (χ4v) is 1.15. The molecule has 1 aromatic rings. The Kier molecular flexibility index (Phi) is 4.07. The quantitative estimate of drug-likeness (QED) is 0.674. The summed E-state index contributed by atoms with van der Waals surface area (Å²) in [6.07, 6.45) is -4.17. The molecular weight excluding hydrogens is 263 g/mol. The molecule has 0 aliphatic heterocycles. The number of aryl methyl sites for hydroxylation is 1. The van der Waals surface area contributed by atoms with Crippen molar-refractivity contribution in [3.8, 4) is 5.75 Å². The fourth-order valence-electron chi connectivity index (χ4n) is 1.11. The Labute approximate surface area is 99.7 Å². The van der Waals surface area contributed by atoms with Gasteiger partial charge in [0, 0.05) is 0 Å². The number of anilines is 1. The van der Waals surface area contributed by atoms with Gasteiger partial charge in [-0.2, -0.15) is 8.78 Å². The van der Waals surface area contributed by atoms with Crippen molar-refractivity contribution in [3.05, 3.63) is 29.0 Å². The second kappa shape index (κ2) is 4.99. The number of hydrogen-bond donors (Lipinski definition) is 1. The number of ether oxygens (including phenoxy) is 1. The monoisotopic (exact) mass is 270 g/mol. The number of alkyl halides is 4. The second-order valence-electron chi connectivity index (χ2n) is 3.19. The fraction of sp³-hybridized carbons (Fsp3) is 0.333. The van der Waals surface area contributed by atoms with Gasteiger partial charge in [-0.3, -0.25) is 5.21 Å². The Morgan fingerprint density at radius 1 is 1.53 bits per heavy atom. The van der Waals surface area contributed by atoms with Crippen molar-refractivity contribution in [2.24, 2.45) is 0 Å². The molecule has 0 aliphatic rings. The van der Waals surface area contributed by atoms with Gasteiger partial charge in [0.2, 0.25) is 0 Å². The van der Waals surface area contributed by atoms with Crippen molar-refractivity contribution >= 4 is 17.3 Å². The standard InChI is InChI=1S/C9H8ClF3NO3/c1-5-4-6(2-3-7(5)14(15)16)17-9(12,13)8(10)11/h2-4,8,15H,1H3/q-1. The first-order valence-corrected chi connectivity index (χ1v) is 4.79. The van der Waals surface area contributed by atoms with E-state index in [4.69, 9.17) is 5.21 Å². The first kappa shape index (κ1) is 13.9. The molecule has 0 saturated carbocycles. The molecular formula is C9H8ClF3NO3-. The zero-order valence-electron chi connectivity index (χ0n) is 8.53. The number of halogens is 4. The molecule has 0 heterocycles. The smallest absolute Gasteiger partial charge is 0.444 e. The van der Waals surface area contributed by atoms with E-state index >= 15 is 0 Å². The van der Waals surface area contributed by atoms with Gasteiger partial charge < -0.3 is 15.2 Å². The van der Waals surface area contributed by atoms with Crippen LogP contribution in [0.5, 0.6) is 5.75 Å². The van der Waals surface area contributed by atoms with Gasteiger partial charge in [0.05, 0.1) is 5.69 Å². The lowest BCUT2D eigenvalue weighted by Gasteiger charge is -2.24. The van der Waals surface area contributed by atoms with E-state index in [9.17, 15) is 18.4 Å². The topological polar surface area (TPSA) is 55.8 Å². The van der Waals surface area contributed by atoms with Crippen molar-refractivity contribution in [1.29, 1.82) is 0 Å². The van der Waals surface area contributed by atoms with E-state index in [0.717, 1.165) is 18.2 Å². The van der Waals surface area contributed by atoms with E-state index in [1.807, 2.05) is 0 Å². The molecule has 17 heavy (non-hydrogen) atoms. The van der Waals surface area contributed by atoms with Gasteiger partial charge in [-0.1, -0.05) is 11.6 Å². The average Bonchev–Trinajstić information content (AvgIpc) is 2.15. The molecule has 1 rings (SSSR count). The SMILES string of the molecule is Cc1cc(OC(F)(F)C(F)Cl)ccc1N([O-])O. The van der Waals surface area contributed by atoms with Crippen LogP contribution in [-0.4, -0.2) is 16.9 Å². The van der Waals surface area contributed by atoms with E-state index in [-0.39, 0.29) is 17.0 Å². The normalized spacial score (nSPS) is 13.4. The third-order valence-corrected chi connectivity index (χ3v) is 2.14. The maximum absolute atomic E-state index is 12.8. The Balaban J connectivity index is 2.92. The zero-order valence-corrected chi connectivity index (χ0v) is 9.29. The zero-order chi connectivity index (χ0) is 13.2. The summed E-state index contributed by atoms with van der Waals surface area (Å²) in [7, 11) is 0. The van der Waals surface area contributed by atoms with Crippen molar-refractivity contribution in [2.45, 2.75) is 18.7 Å². The van der Waals surface area contributed by atoms with E-state index in [1.54, 1.807) is 0 Å². The summed E-state index contributed by atoms with van der Waals surface area (Å²) in [6, 6.07) is 3.08. The molecule has 0 bridgehead atoms. The molecule has 0 aliphatic carbocycles. The van der Waals surface area contributed by atoms with Gasteiger partial charge in [0.1, 0.15) is 5.75 Å². The molecule has 96 valence electrons. The number of rotatable bonds is 4. The van der Waals surface area contributed by atoms with Gasteiger partial charge >= 0.3 is 6.11 Å². The van der Waals surface area contributed by atoms with Crippen LogP contribution in [0.15, 0.2) is 18.2 Å². The average molecular weight is 271 g/mol. The van der Waals surface area contributed by atoms with Crippen LogP contribution in [0.2, 0.25) is 0 Å². The molecule has 0 fully saturated rings. The Hall–Kier alpha value is -1.18. The summed E-state index contributed by atoms with van der Waals surface area (Å²) in [4.78, 5) is 0. The van der Waals surface area contributed by atoms with E-state index < -0.39 is 17.0 Å². The van der Waals surface area contributed by atoms with Gasteiger partial charge in [-0.25, -0.2) is 4.39 Å². The molecule has 0 radical (unpaired) electrons. The molecule has 1 unspecified atom stereocenters. The summed E-state index contributed by atoms with van der Waals surface area (Å²) >= 11 is 4.60. The highest BCUT2D eigenvalue weighted by Gasteiger charge is 2.42. The molecule has 0 spiro atoms. The highest BCUT2D eigenvalue weighted by atomic mass is 35.5. The second-order valence-corrected chi connectivity index (χ2v) is 3.57. The maximum atomic E-state index is 12.8. The molecule has 1 N–H and O–H groups in total. The van der Waals surface area contributed by atoms with Crippen LogP contribution in [0, 0.1) is 12.1 Å². The highest BCUT2D eigenvalue weighted by molar-refractivity contribution is 6.20. The van der Waals surface area contributed by atoms with Crippen molar-refractivity contribution in [2.75, 3.05) is 5.23 Å². The van der Waals surface area contributed by atoms with Crippen molar-refractivity contribution in [1.82, 2.24) is 0 Å². The van der Waals surface area contributed by atoms with E-state index in [1.165, 1.54) is 6.92 Å². The lowest BCUT2D eigenvalue weighted by Crippen LogP contribution is -2.32. The summed E-state index contributed by atoms with van der Waals surface area (Å²) in [6.45, 7) is 1.38. The van der Waals surface area contributed by atoms with Crippen LogP contribution in [0.4, 0.5) is 18.9 Å². The molecule has 4 nitrogen and oxygen atoms in total. The van der Waals surface area contributed by atoms with Crippen LogP contribution in [-0.2, 0) is 0 Å². The molecule has 8 heteroatoms.